The molecule has 0 amide bonds. The minimum atomic E-state index is -3.56. The fraction of sp³-hybridized carbons (Fsp3) is 0.273. The first kappa shape index (κ1) is 21.7. The van der Waals surface area contributed by atoms with Crippen molar-refractivity contribution in [3.63, 3.8) is 0 Å². The van der Waals surface area contributed by atoms with Crippen molar-refractivity contribution in [3.05, 3.63) is 78.1 Å². The van der Waals surface area contributed by atoms with E-state index in [0.29, 0.717) is 25.1 Å². The molecule has 0 radical (unpaired) electrons. The van der Waals surface area contributed by atoms with Gasteiger partial charge in [0.15, 0.2) is 0 Å². The van der Waals surface area contributed by atoms with E-state index in [4.69, 9.17) is 4.74 Å². The zero-order chi connectivity index (χ0) is 21.4. The summed E-state index contributed by atoms with van der Waals surface area (Å²) in [4.78, 5) is 11.0. The van der Waals surface area contributed by atoms with Crippen LogP contribution in [0.2, 0.25) is 0 Å². The number of ether oxygens (including phenoxy) is 1. The van der Waals surface area contributed by atoms with Crippen LogP contribution >= 0.6 is 0 Å². The number of aldehydes is 1. The molecule has 0 aliphatic carbocycles. The van der Waals surface area contributed by atoms with Gasteiger partial charge in [-0.25, -0.2) is 8.42 Å². The van der Waals surface area contributed by atoms with Crippen molar-refractivity contribution in [3.8, 4) is 5.75 Å². The number of sulfonamides is 1. The van der Waals surface area contributed by atoms with Crippen LogP contribution in [0.5, 0.6) is 5.75 Å². The first-order chi connectivity index (χ1) is 14.5. The van der Waals surface area contributed by atoms with Gasteiger partial charge in [0.25, 0.3) is 0 Å². The molecule has 0 N–H and O–H groups in total. The smallest absolute Gasteiger partial charge is 0.242 e. The molecule has 1 heterocycles. The Morgan fingerprint density at radius 2 is 1.93 bits per heavy atom. The maximum absolute atomic E-state index is 12.6. The molecule has 3 rings (SSSR count). The van der Waals surface area contributed by atoms with Gasteiger partial charge in [-0.1, -0.05) is 30.3 Å². The standard InChI is InChI=1S/C22H25N3O4S/c1-24(30(27,28)21-8-3-2-4-9-21)14-16-29-22-17-19(18-25-13-6-12-23-25)10-11-20(22)7-5-15-26/h2-4,6,8-13,15,17H,5,7,14,16,18H2,1H3. The van der Waals surface area contributed by atoms with E-state index in [9.17, 15) is 13.2 Å². The fourth-order valence-corrected chi connectivity index (χ4v) is 4.19. The third-order valence-electron chi connectivity index (χ3n) is 4.68. The SMILES string of the molecule is CN(CCOc1cc(Cn2cccn2)ccc1CCC=O)S(=O)(=O)c1ccccc1. The Kier molecular flexibility index (Phi) is 7.37. The second-order valence-electron chi connectivity index (χ2n) is 6.84. The van der Waals surface area contributed by atoms with Crippen molar-refractivity contribution in [2.75, 3.05) is 20.2 Å². The van der Waals surface area contributed by atoms with E-state index in [-0.39, 0.29) is 18.0 Å². The van der Waals surface area contributed by atoms with E-state index in [2.05, 4.69) is 5.10 Å². The van der Waals surface area contributed by atoms with Gasteiger partial charge in [-0.3, -0.25) is 4.68 Å². The van der Waals surface area contributed by atoms with E-state index in [1.54, 1.807) is 36.5 Å². The van der Waals surface area contributed by atoms with Gasteiger partial charge in [0, 0.05) is 32.4 Å². The normalized spacial score (nSPS) is 11.5. The van der Waals surface area contributed by atoms with Gasteiger partial charge in [-0.05, 0) is 41.8 Å². The second kappa shape index (κ2) is 10.2. The van der Waals surface area contributed by atoms with Crippen LogP contribution in [-0.2, 0) is 27.8 Å². The third-order valence-corrected chi connectivity index (χ3v) is 6.55. The summed E-state index contributed by atoms with van der Waals surface area (Å²) in [6.45, 7) is 0.995. The first-order valence-corrected chi connectivity index (χ1v) is 11.1. The van der Waals surface area contributed by atoms with Crippen molar-refractivity contribution < 1.29 is 17.9 Å². The summed E-state index contributed by atoms with van der Waals surface area (Å²) in [5, 5.41) is 4.21. The molecule has 7 nitrogen and oxygen atoms in total. The minimum Gasteiger partial charge on any atom is -0.492 e. The van der Waals surface area contributed by atoms with Gasteiger partial charge < -0.3 is 9.53 Å². The number of aromatic nitrogens is 2. The van der Waals surface area contributed by atoms with Gasteiger partial charge in [0.1, 0.15) is 18.6 Å². The van der Waals surface area contributed by atoms with E-state index >= 15 is 0 Å². The predicted octanol–water partition coefficient (Wildman–Crippen LogP) is 2.76. The molecule has 0 fully saturated rings. The number of carbonyl (C=O) groups excluding carboxylic acids is 1. The van der Waals surface area contributed by atoms with Crippen LogP contribution in [0.1, 0.15) is 17.5 Å². The number of likely N-dealkylation sites (N-methyl/N-ethyl adjacent to an activating group) is 1. The van der Waals surface area contributed by atoms with E-state index in [1.165, 1.54) is 11.4 Å². The third kappa shape index (κ3) is 5.55. The van der Waals surface area contributed by atoms with Crippen LogP contribution < -0.4 is 4.74 Å². The number of rotatable bonds is 11. The van der Waals surface area contributed by atoms with Crippen LogP contribution in [0.25, 0.3) is 0 Å². The topological polar surface area (TPSA) is 81.5 Å². The summed E-state index contributed by atoms with van der Waals surface area (Å²) >= 11 is 0. The van der Waals surface area contributed by atoms with Crippen molar-refractivity contribution in [2.45, 2.75) is 24.3 Å². The molecule has 0 aliphatic rings. The number of nitrogens with zero attached hydrogens (tertiary/aromatic N) is 3. The van der Waals surface area contributed by atoms with E-state index in [1.807, 2.05) is 35.1 Å². The molecule has 30 heavy (non-hydrogen) atoms. The zero-order valence-electron chi connectivity index (χ0n) is 16.8. The van der Waals surface area contributed by atoms with Crippen LogP contribution in [0.4, 0.5) is 0 Å². The van der Waals surface area contributed by atoms with Gasteiger partial charge >= 0.3 is 0 Å². The number of hydrogen-bond acceptors (Lipinski definition) is 5. The Labute approximate surface area is 177 Å². The molecule has 1 aromatic heterocycles. The quantitative estimate of drug-likeness (QED) is 0.440. The lowest BCUT2D eigenvalue weighted by molar-refractivity contribution is -0.107. The molecule has 158 valence electrons. The van der Waals surface area contributed by atoms with Crippen molar-refractivity contribution >= 4 is 16.3 Å². The average molecular weight is 428 g/mol. The van der Waals surface area contributed by atoms with Crippen LogP contribution in [0.15, 0.2) is 71.9 Å². The summed E-state index contributed by atoms with van der Waals surface area (Å²) in [6.07, 6.45) is 5.45. The largest absolute Gasteiger partial charge is 0.492 e. The maximum Gasteiger partial charge on any atom is 0.242 e. The highest BCUT2D eigenvalue weighted by atomic mass is 32.2. The average Bonchev–Trinajstić information content (AvgIpc) is 3.26. The second-order valence-corrected chi connectivity index (χ2v) is 8.88. The van der Waals surface area contributed by atoms with Crippen molar-refractivity contribution in [2.24, 2.45) is 0 Å². The number of benzene rings is 2. The van der Waals surface area contributed by atoms with Crippen molar-refractivity contribution in [1.82, 2.24) is 14.1 Å². The molecule has 0 saturated carbocycles. The first-order valence-electron chi connectivity index (χ1n) is 9.68. The summed E-state index contributed by atoms with van der Waals surface area (Å²) in [6, 6.07) is 16.0. The predicted molar refractivity (Wildman–Crippen MR) is 114 cm³/mol. The van der Waals surface area contributed by atoms with Crippen molar-refractivity contribution in [1.29, 1.82) is 0 Å². The Morgan fingerprint density at radius 3 is 2.63 bits per heavy atom. The highest BCUT2D eigenvalue weighted by Crippen LogP contribution is 2.23. The molecular weight excluding hydrogens is 402 g/mol. The monoisotopic (exact) mass is 427 g/mol. The molecule has 0 spiro atoms. The summed E-state index contributed by atoms with van der Waals surface area (Å²) in [5.41, 5.74) is 1.92. The summed E-state index contributed by atoms with van der Waals surface area (Å²) in [5.74, 6) is 0.659. The lowest BCUT2D eigenvalue weighted by Crippen LogP contribution is -2.31. The number of carbonyl (C=O) groups is 1. The lowest BCUT2D eigenvalue weighted by Gasteiger charge is -2.19. The number of aryl methyl sites for hydroxylation is 1. The lowest BCUT2D eigenvalue weighted by atomic mass is 10.1. The Bertz CT molecular complexity index is 1050. The van der Waals surface area contributed by atoms with E-state index in [0.717, 1.165) is 17.4 Å². The molecule has 0 bridgehead atoms. The molecule has 0 saturated heterocycles. The number of hydrogen-bond donors (Lipinski definition) is 0. The van der Waals surface area contributed by atoms with Crippen LogP contribution in [-0.4, -0.2) is 49.0 Å². The summed E-state index contributed by atoms with van der Waals surface area (Å²) < 4.78 is 34.3. The Balaban J connectivity index is 1.68. The maximum atomic E-state index is 12.6. The Morgan fingerprint density at radius 1 is 1.13 bits per heavy atom. The van der Waals surface area contributed by atoms with Gasteiger partial charge in [-0.15, -0.1) is 0 Å². The summed E-state index contributed by atoms with van der Waals surface area (Å²) in [7, 11) is -2.03. The highest BCUT2D eigenvalue weighted by Gasteiger charge is 2.20. The zero-order valence-corrected chi connectivity index (χ0v) is 17.7. The molecule has 3 aromatic rings. The Hall–Kier alpha value is -2.97. The van der Waals surface area contributed by atoms with Crippen LogP contribution in [0.3, 0.4) is 0 Å². The highest BCUT2D eigenvalue weighted by molar-refractivity contribution is 7.89. The van der Waals surface area contributed by atoms with Gasteiger partial charge in [0.2, 0.25) is 10.0 Å². The minimum absolute atomic E-state index is 0.196. The molecule has 0 unspecified atom stereocenters. The van der Waals surface area contributed by atoms with Gasteiger partial charge in [-0.2, -0.15) is 9.40 Å². The fourth-order valence-electron chi connectivity index (χ4n) is 3.01. The molecule has 8 heteroatoms. The molecular formula is C22H25N3O4S. The molecule has 2 aromatic carbocycles. The van der Waals surface area contributed by atoms with Crippen LogP contribution in [0, 0.1) is 0 Å². The van der Waals surface area contributed by atoms with Gasteiger partial charge in [0.05, 0.1) is 11.4 Å². The molecule has 0 atom stereocenters. The van der Waals surface area contributed by atoms with E-state index < -0.39 is 10.0 Å². The molecule has 0 aliphatic heterocycles.